The largest absolute Gasteiger partial charge is 0.394 e. The predicted octanol–water partition coefficient (Wildman–Crippen LogP) is 1.48. The van der Waals surface area contributed by atoms with E-state index in [2.05, 4.69) is 9.71 Å². The Balaban J connectivity index is 2.27. The lowest BCUT2D eigenvalue weighted by atomic mass is 10.3. The molecule has 1 aromatic carbocycles. The van der Waals surface area contributed by atoms with Crippen LogP contribution in [0.25, 0.3) is 0 Å². The highest BCUT2D eigenvalue weighted by molar-refractivity contribution is 7.89. The molecule has 3 N–H and O–H groups in total. The minimum atomic E-state index is -4.10. The summed E-state index contributed by atoms with van der Waals surface area (Å²) in [6.45, 7) is -0.0241. The van der Waals surface area contributed by atoms with Crippen molar-refractivity contribution in [3.63, 3.8) is 0 Å². The highest BCUT2D eigenvalue weighted by atomic mass is 32.2. The standard InChI is InChI=1S/C10H9F2N3O2S2/c11-7-1-2-8(9(12)10(7)13)19(16,17)15-4-6-3-14-5-18-6/h1-3,5,15H,4,13H2. The molecule has 0 atom stereocenters. The Morgan fingerprint density at radius 3 is 2.74 bits per heavy atom. The fraction of sp³-hybridized carbons (Fsp3) is 0.100. The number of anilines is 1. The average Bonchev–Trinajstić information content (AvgIpc) is 2.86. The molecule has 5 nitrogen and oxygen atoms in total. The first kappa shape index (κ1) is 13.8. The van der Waals surface area contributed by atoms with Gasteiger partial charge >= 0.3 is 0 Å². The van der Waals surface area contributed by atoms with Gasteiger partial charge in [0.1, 0.15) is 16.4 Å². The molecular formula is C10H9F2N3O2S2. The number of benzene rings is 1. The fourth-order valence-corrected chi connectivity index (χ4v) is 3.05. The first-order valence-electron chi connectivity index (χ1n) is 5.02. The van der Waals surface area contributed by atoms with E-state index in [0.29, 0.717) is 4.88 Å². The van der Waals surface area contributed by atoms with Gasteiger partial charge in [0.25, 0.3) is 0 Å². The second-order valence-corrected chi connectivity index (χ2v) is 6.27. The molecule has 19 heavy (non-hydrogen) atoms. The summed E-state index contributed by atoms with van der Waals surface area (Å²) in [5.74, 6) is -2.30. The molecule has 0 aliphatic carbocycles. The number of nitrogens with two attached hydrogens (primary N) is 1. The Hall–Kier alpha value is -1.58. The second kappa shape index (κ2) is 5.19. The summed E-state index contributed by atoms with van der Waals surface area (Å²) in [5, 5.41) is 0. The lowest BCUT2D eigenvalue weighted by molar-refractivity contribution is 0.548. The maximum absolute atomic E-state index is 13.6. The Morgan fingerprint density at radius 2 is 2.11 bits per heavy atom. The highest BCUT2D eigenvalue weighted by Gasteiger charge is 2.22. The van der Waals surface area contributed by atoms with Crippen molar-refractivity contribution in [3.8, 4) is 0 Å². The third-order valence-electron chi connectivity index (χ3n) is 2.30. The maximum atomic E-state index is 13.6. The van der Waals surface area contributed by atoms with Gasteiger partial charge in [0.2, 0.25) is 10.0 Å². The average molecular weight is 305 g/mol. The SMILES string of the molecule is Nc1c(F)ccc(S(=O)(=O)NCc2cncs2)c1F. The normalized spacial score (nSPS) is 11.7. The second-order valence-electron chi connectivity index (χ2n) is 3.57. The lowest BCUT2D eigenvalue weighted by Gasteiger charge is -2.08. The van der Waals surface area contributed by atoms with Crippen LogP contribution in [0.4, 0.5) is 14.5 Å². The molecule has 2 aromatic rings. The van der Waals surface area contributed by atoms with Crippen LogP contribution in [0.5, 0.6) is 0 Å². The summed E-state index contributed by atoms with van der Waals surface area (Å²) in [5.41, 5.74) is 5.84. The van der Waals surface area contributed by atoms with E-state index in [4.69, 9.17) is 5.73 Å². The molecule has 2 rings (SSSR count). The van der Waals surface area contributed by atoms with Crippen molar-refractivity contribution >= 4 is 27.0 Å². The van der Waals surface area contributed by atoms with Gasteiger partial charge < -0.3 is 5.73 Å². The number of rotatable bonds is 4. The summed E-state index contributed by atoms with van der Waals surface area (Å²) >= 11 is 1.25. The summed E-state index contributed by atoms with van der Waals surface area (Å²) in [6.07, 6.45) is 1.49. The van der Waals surface area contributed by atoms with Crippen LogP contribution >= 0.6 is 11.3 Å². The molecule has 1 aromatic heterocycles. The van der Waals surface area contributed by atoms with Gasteiger partial charge in [-0.1, -0.05) is 0 Å². The number of nitrogens with one attached hydrogen (secondary N) is 1. The number of sulfonamides is 1. The zero-order chi connectivity index (χ0) is 14.0. The summed E-state index contributed by atoms with van der Waals surface area (Å²) in [7, 11) is -4.10. The molecule has 0 fully saturated rings. The van der Waals surface area contributed by atoms with E-state index in [1.54, 1.807) is 5.51 Å². The van der Waals surface area contributed by atoms with Crippen molar-refractivity contribution in [1.82, 2.24) is 9.71 Å². The lowest BCUT2D eigenvalue weighted by Crippen LogP contribution is -2.24. The molecule has 0 saturated heterocycles. The molecule has 0 aliphatic heterocycles. The number of thiazole rings is 1. The molecule has 0 saturated carbocycles. The van der Waals surface area contributed by atoms with Crippen LogP contribution in [0, 0.1) is 11.6 Å². The molecular weight excluding hydrogens is 296 g/mol. The number of hydrogen-bond acceptors (Lipinski definition) is 5. The van der Waals surface area contributed by atoms with Gasteiger partial charge in [0, 0.05) is 17.6 Å². The number of nitrogen functional groups attached to an aromatic ring is 1. The van der Waals surface area contributed by atoms with Crippen LogP contribution in [-0.4, -0.2) is 13.4 Å². The fourth-order valence-electron chi connectivity index (χ4n) is 1.33. The van der Waals surface area contributed by atoms with Crippen LogP contribution in [0.1, 0.15) is 4.88 Å². The third kappa shape index (κ3) is 2.88. The molecule has 0 radical (unpaired) electrons. The van der Waals surface area contributed by atoms with Crippen LogP contribution < -0.4 is 10.5 Å². The van der Waals surface area contributed by atoms with Crippen LogP contribution in [0.2, 0.25) is 0 Å². The van der Waals surface area contributed by atoms with Gasteiger partial charge in [-0.25, -0.2) is 21.9 Å². The van der Waals surface area contributed by atoms with Gasteiger partial charge in [-0.15, -0.1) is 11.3 Å². The first-order chi connectivity index (χ1) is 8.92. The van der Waals surface area contributed by atoms with Crippen LogP contribution in [0.3, 0.4) is 0 Å². The molecule has 1 heterocycles. The molecule has 0 aliphatic rings. The number of hydrogen-bond donors (Lipinski definition) is 2. The maximum Gasteiger partial charge on any atom is 0.243 e. The zero-order valence-corrected chi connectivity index (χ0v) is 11.1. The summed E-state index contributed by atoms with van der Waals surface area (Å²) < 4.78 is 52.5. The number of aromatic nitrogens is 1. The van der Waals surface area contributed by atoms with Gasteiger partial charge in [-0.05, 0) is 12.1 Å². The van der Waals surface area contributed by atoms with E-state index >= 15 is 0 Å². The molecule has 102 valence electrons. The monoisotopic (exact) mass is 305 g/mol. The Bertz CT molecular complexity index is 687. The van der Waals surface area contributed by atoms with Gasteiger partial charge in [-0.3, -0.25) is 4.98 Å². The first-order valence-corrected chi connectivity index (χ1v) is 7.38. The summed E-state index contributed by atoms with van der Waals surface area (Å²) in [4.78, 5) is 3.76. The Labute approximate surface area is 112 Å². The topological polar surface area (TPSA) is 85.1 Å². The van der Waals surface area contributed by atoms with E-state index in [1.807, 2.05) is 0 Å². The molecule has 0 amide bonds. The van der Waals surface area contributed by atoms with Gasteiger partial charge in [0.05, 0.1) is 5.51 Å². The van der Waals surface area contributed by atoms with Crippen molar-refractivity contribution in [1.29, 1.82) is 0 Å². The Morgan fingerprint density at radius 1 is 1.37 bits per heavy atom. The minimum absolute atomic E-state index is 0.0241. The number of nitrogens with zero attached hydrogens (tertiary/aromatic N) is 1. The van der Waals surface area contributed by atoms with E-state index in [1.165, 1.54) is 17.5 Å². The van der Waals surface area contributed by atoms with Crippen molar-refractivity contribution in [2.45, 2.75) is 11.4 Å². The quantitative estimate of drug-likeness (QED) is 0.838. The minimum Gasteiger partial charge on any atom is -0.394 e. The Kier molecular flexibility index (Phi) is 3.78. The number of halogens is 2. The third-order valence-corrected chi connectivity index (χ3v) is 4.50. The predicted molar refractivity (Wildman–Crippen MR) is 66.9 cm³/mol. The van der Waals surface area contributed by atoms with Crippen LogP contribution in [-0.2, 0) is 16.6 Å². The van der Waals surface area contributed by atoms with E-state index in [0.717, 1.165) is 12.1 Å². The van der Waals surface area contributed by atoms with E-state index in [-0.39, 0.29) is 6.54 Å². The van der Waals surface area contributed by atoms with Crippen molar-refractivity contribution < 1.29 is 17.2 Å². The zero-order valence-electron chi connectivity index (χ0n) is 9.43. The highest BCUT2D eigenvalue weighted by Crippen LogP contribution is 2.22. The smallest absolute Gasteiger partial charge is 0.243 e. The molecule has 0 unspecified atom stereocenters. The van der Waals surface area contributed by atoms with Gasteiger partial charge in [-0.2, -0.15) is 0 Å². The molecule has 9 heteroatoms. The molecule has 0 bridgehead atoms. The van der Waals surface area contributed by atoms with Gasteiger partial charge in [0.15, 0.2) is 5.82 Å². The van der Waals surface area contributed by atoms with Crippen molar-refractivity contribution in [2.75, 3.05) is 5.73 Å². The van der Waals surface area contributed by atoms with E-state index < -0.39 is 32.2 Å². The van der Waals surface area contributed by atoms with Crippen LogP contribution in [0.15, 0.2) is 28.7 Å². The summed E-state index contributed by atoms with van der Waals surface area (Å²) in [6, 6.07) is 1.63. The van der Waals surface area contributed by atoms with E-state index in [9.17, 15) is 17.2 Å². The molecule has 0 spiro atoms. The van der Waals surface area contributed by atoms with Crippen molar-refractivity contribution in [2.24, 2.45) is 0 Å². The van der Waals surface area contributed by atoms with Crippen molar-refractivity contribution in [3.05, 3.63) is 40.4 Å².